The molecule has 23 heavy (non-hydrogen) atoms. The summed E-state index contributed by atoms with van der Waals surface area (Å²) in [7, 11) is 0. The number of allylic oxidation sites excluding steroid dienone is 6. The standard InChI is InChI=1S/C23H22/c1-3-5-7-9-11-13-15-17-19-21-23-22-20-18-16-14-12-10-8-6-4-2/h1-2,5-8,17,19H,9,11,13-16,18H2/b7-5-,8-6-,19-17-. The maximum Gasteiger partial charge on any atom is 0.0108 e. The summed E-state index contributed by atoms with van der Waals surface area (Å²) in [6.07, 6.45) is 28.2. The minimum absolute atomic E-state index is 0.817. The predicted molar refractivity (Wildman–Crippen MR) is 101 cm³/mol. The van der Waals surface area contributed by atoms with Crippen molar-refractivity contribution in [2.24, 2.45) is 0 Å². The molecule has 0 aromatic heterocycles. The topological polar surface area (TPSA) is 0 Å². The molecule has 0 N–H and O–H groups in total. The molecule has 0 saturated heterocycles. The van der Waals surface area contributed by atoms with Gasteiger partial charge in [-0.1, -0.05) is 47.7 Å². The van der Waals surface area contributed by atoms with Crippen LogP contribution in [0.1, 0.15) is 44.9 Å². The predicted octanol–water partition coefficient (Wildman–Crippen LogP) is 4.66. The van der Waals surface area contributed by atoms with Crippen LogP contribution >= 0.6 is 0 Å². The highest BCUT2D eigenvalue weighted by molar-refractivity contribution is 5.30. The molecule has 0 bridgehead atoms. The van der Waals surface area contributed by atoms with Crippen molar-refractivity contribution in [3.05, 3.63) is 36.5 Å². The Balaban J connectivity index is 3.61. The zero-order valence-corrected chi connectivity index (χ0v) is 13.6. The Kier molecular flexibility index (Phi) is 16.6. The Hall–Kier alpha value is -2.98. The molecule has 0 fully saturated rings. The molecule has 0 saturated carbocycles. The van der Waals surface area contributed by atoms with Gasteiger partial charge in [0.15, 0.2) is 0 Å². The van der Waals surface area contributed by atoms with E-state index in [1.807, 2.05) is 12.2 Å². The Morgan fingerprint density at radius 1 is 0.609 bits per heavy atom. The summed E-state index contributed by atoms with van der Waals surface area (Å²) in [5.41, 5.74) is 0. The average molecular weight is 298 g/mol. The van der Waals surface area contributed by atoms with Gasteiger partial charge in [0.1, 0.15) is 0 Å². The smallest absolute Gasteiger partial charge is 0.0108 e. The molecular formula is C23H22. The molecule has 114 valence electrons. The molecule has 0 nitrogen and oxygen atoms in total. The molecule has 0 aliphatic heterocycles. The number of unbranched alkanes of at least 4 members (excludes halogenated alkanes) is 5. The number of rotatable bonds is 7. The second kappa shape index (κ2) is 19.0. The molecule has 0 aromatic carbocycles. The van der Waals surface area contributed by atoms with Crippen LogP contribution in [0.5, 0.6) is 0 Å². The summed E-state index contributed by atoms with van der Waals surface area (Å²) in [4.78, 5) is 0. The van der Waals surface area contributed by atoms with Crippen LogP contribution < -0.4 is 0 Å². The third-order valence-electron chi connectivity index (χ3n) is 2.60. The Morgan fingerprint density at radius 2 is 1.30 bits per heavy atom. The van der Waals surface area contributed by atoms with Crippen molar-refractivity contribution in [3.8, 4) is 60.2 Å². The molecule has 0 rings (SSSR count). The number of hydrogen-bond acceptors (Lipinski definition) is 0. The zero-order chi connectivity index (χ0) is 16.8. The molecule has 0 radical (unpaired) electrons. The van der Waals surface area contributed by atoms with Gasteiger partial charge in [-0.15, -0.1) is 12.8 Å². The minimum atomic E-state index is 0.817. The summed E-state index contributed by atoms with van der Waals surface area (Å²) in [6, 6.07) is 0. The second-order valence-corrected chi connectivity index (χ2v) is 4.50. The van der Waals surface area contributed by atoms with E-state index in [9.17, 15) is 0 Å². The molecule has 0 unspecified atom stereocenters. The molecule has 0 spiro atoms. The fourth-order valence-corrected chi connectivity index (χ4v) is 1.49. The van der Waals surface area contributed by atoms with Crippen LogP contribution in [0.2, 0.25) is 0 Å². The molecule has 0 aliphatic carbocycles. The Bertz CT molecular complexity index is 650. The van der Waals surface area contributed by atoms with Crippen LogP contribution in [-0.4, -0.2) is 0 Å². The minimum Gasteiger partial charge on any atom is -0.115 e. The molecule has 0 atom stereocenters. The third kappa shape index (κ3) is 19.0. The van der Waals surface area contributed by atoms with E-state index in [1.165, 1.54) is 0 Å². The van der Waals surface area contributed by atoms with Gasteiger partial charge >= 0.3 is 0 Å². The Labute approximate surface area is 142 Å². The largest absolute Gasteiger partial charge is 0.115 e. The lowest BCUT2D eigenvalue weighted by Crippen LogP contribution is -1.71. The second-order valence-electron chi connectivity index (χ2n) is 4.50. The SMILES string of the molecule is C#C/C=C\C#CCCCC#CC#C/C=C\CCCC/C=C\C#C. The summed E-state index contributed by atoms with van der Waals surface area (Å²) in [6.45, 7) is 0. The summed E-state index contributed by atoms with van der Waals surface area (Å²) in [5.74, 6) is 22.3. The number of terminal acetylenes is 2. The van der Waals surface area contributed by atoms with Crippen LogP contribution in [0.4, 0.5) is 0 Å². The zero-order valence-electron chi connectivity index (χ0n) is 13.6. The molecular weight excluding hydrogens is 276 g/mol. The summed E-state index contributed by atoms with van der Waals surface area (Å²) < 4.78 is 0. The van der Waals surface area contributed by atoms with Crippen molar-refractivity contribution in [3.63, 3.8) is 0 Å². The van der Waals surface area contributed by atoms with Gasteiger partial charge in [0.2, 0.25) is 0 Å². The molecule has 0 aromatic rings. The highest BCUT2D eigenvalue weighted by atomic mass is 13.9. The van der Waals surface area contributed by atoms with E-state index in [4.69, 9.17) is 12.8 Å². The molecule has 0 heterocycles. The van der Waals surface area contributed by atoms with E-state index in [-0.39, 0.29) is 0 Å². The van der Waals surface area contributed by atoms with Crippen LogP contribution in [-0.2, 0) is 0 Å². The lowest BCUT2D eigenvalue weighted by atomic mass is 10.2. The highest BCUT2D eigenvalue weighted by Crippen LogP contribution is 2.01. The first-order valence-corrected chi connectivity index (χ1v) is 7.76. The van der Waals surface area contributed by atoms with E-state index < -0.39 is 0 Å². The van der Waals surface area contributed by atoms with Gasteiger partial charge in [0.05, 0.1) is 0 Å². The van der Waals surface area contributed by atoms with Crippen LogP contribution in [0.3, 0.4) is 0 Å². The van der Waals surface area contributed by atoms with Crippen LogP contribution in [0.25, 0.3) is 0 Å². The van der Waals surface area contributed by atoms with Gasteiger partial charge < -0.3 is 0 Å². The van der Waals surface area contributed by atoms with Crippen LogP contribution in [0, 0.1) is 60.2 Å². The third-order valence-corrected chi connectivity index (χ3v) is 2.60. The van der Waals surface area contributed by atoms with Crippen molar-refractivity contribution >= 4 is 0 Å². The van der Waals surface area contributed by atoms with Gasteiger partial charge in [0.25, 0.3) is 0 Å². The summed E-state index contributed by atoms with van der Waals surface area (Å²) in [5, 5.41) is 0. The maximum absolute atomic E-state index is 5.12. The Morgan fingerprint density at radius 3 is 2.04 bits per heavy atom. The number of hydrogen-bond donors (Lipinski definition) is 0. The van der Waals surface area contributed by atoms with E-state index in [0.29, 0.717) is 0 Å². The lowest BCUT2D eigenvalue weighted by Gasteiger charge is -1.90. The van der Waals surface area contributed by atoms with Gasteiger partial charge in [0, 0.05) is 12.8 Å². The van der Waals surface area contributed by atoms with Gasteiger partial charge in [-0.2, -0.15) is 0 Å². The maximum atomic E-state index is 5.12. The monoisotopic (exact) mass is 298 g/mol. The first-order valence-electron chi connectivity index (χ1n) is 7.76. The van der Waals surface area contributed by atoms with Crippen molar-refractivity contribution in [2.75, 3.05) is 0 Å². The molecule has 0 aliphatic rings. The van der Waals surface area contributed by atoms with Crippen molar-refractivity contribution < 1.29 is 0 Å². The van der Waals surface area contributed by atoms with E-state index >= 15 is 0 Å². The van der Waals surface area contributed by atoms with E-state index in [2.05, 4.69) is 53.4 Å². The summed E-state index contributed by atoms with van der Waals surface area (Å²) >= 11 is 0. The lowest BCUT2D eigenvalue weighted by molar-refractivity contribution is 0.762. The van der Waals surface area contributed by atoms with Gasteiger partial charge in [-0.3, -0.25) is 0 Å². The van der Waals surface area contributed by atoms with Crippen molar-refractivity contribution in [2.45, 2.75) is 44.9 Å². The molecule has 0 amide bonds. The van der Waals surface area contributed by atoms with Gasteiger partial charge in [-0.25, -0.2) is 0 Å². The first kappa shape index (κ1) is 20.0. The van der Waals surface area contributed by atoms with Crippen LogP contribution in [0.15, 0.2) is 36.5 Å². The normalized spacial score (nSPS) is 9.30. The van der Waals surface area contributed by atoms with Crippen molar-refractivity contribution in [1.29, 1.82) is 0 Å². The van der Waals surface area contributed by atoms with Crippen molar-refractivity contribution in [1.82, 2.24) is 0 Å². The van der Waals surface area contributed by atoms with E-state index in [0.717, 1.165) is 44.9 Å². The first-order chi connectivity index (χ1) is 11.4. The average Bonchev–Trinajstić information content (AvgIpc) is 2.57. The molecule has 0 heteroatoms. The fourth-order valence-electron chi connectivity index (χ4n) is 1.49. The van der Waals surface area contributed by atoms with Gasteiger partial charge in [-0.05, 0) is 68.2 Å². The highest BCUT2D eigenvalue weighted by Gasteiger charge is 1.82. The quantitative estimate of drug-likeness (QED) is 0.473. The fraction of sp³-hybridized carbons (Fsp3) is 0.304. The van der Waals surface area contributed by atoms with E-state index in [1.54, 1.807) is 18.2 Å².